The van der Waals surface area contributed by atoms with E-state index < -0.39 is 0 Å². The van der Waals surface area contributed by atoms with Gasteiger partial charge in [0.15, 0.2) is 0 Å². The van der Waals surface area contributed by atoms with Gasteiger partial charge in [0.1, 0.15) is 0 Å². The number of aromatic nitrogens is 1. The molecule has 0 N–H and O–H groups in total. The van der Waals surface area contributed by atoms with Crippen LogP contribution in [0, 0.1) is 6.92 Å². The minimum absolute atomic E-state index is 0.143. The van der Waals surface area contributed by atoms with E-state index in [0.29, 0.717) is 0 Å². The monoisotopic (exact) mass is 329 g/mol. The fraction of sp³-hybridized carbons (Fsp3) is 0.227. The smallest absolute Gasteiger partial charge is 0.0801 e. The van der Waals surface area contributed by atoms with Gasteiger partial charge in [0.25, 0.3) is 0 Å². The minimum atomic E-state index is 0.143. The van der Waals surface area contributed by atoms with E-state index >= 15 is 0 Å². The Morgan fingerprint density at radius 2 is 1.67 bits per heavy atom. The zero-order valence-electron chi connectivity index (χ0n) is 14.4. The number of thiophene rings is 1. The van der Waals surface area contributed by atoms with Crippen LogP contribution in [-0.4, -0.2) is 4.98 Å². The van der Waals surface area contributed by atoms with E-state index in [2.05, 4.69) is 64.1 Å². The van der Waals surface area contributed by atoms with Gasteiger partial charge in [-0.25, -0.2) is 0 Å². The van der Waals surface area contributed by atoms with Gasteiger partial charge in [-0.15, -0.1) is 11.3 Å². The largest absolute Gasteiger partial charge is 0.255 e. The Bertz CT molecular complexity index is 1240. The number of pyridine rings is 1. The summed E-state index contributed by atoms with van der Waals surface area (Å²) in [6, 6.07) is 13.7. The molecule has 2 aromatic heterocycles. The second kappa shape index (κ2) is 4.46. The van der Waals surface area contributed by atoms with Crippen molar-refractivity contribution in [1.29, 1.82) is 0 Å². The predicted molar refractivity (Wildman–Crippen MR) is 107 cm³/mol. The van der Waals surface area contributed by atoms with Crippen molar-refractivity contribution >= 4 is 53.2 Å². The molecule has 24 heavy (non-hydrogen) atoms. The first-order valence-electron chi connectivity index (χ1n) is 8.40. The number of hydrogen-bond donors (Lipinski definition) is 0. The predicted octanol–water partition coefficient (Wildman–Crippen LogP) is 6.80. The molecule has 0 fully saturated rings. The summed E-state index contributed by atoms with van der Waals surface area (Å²) in [5, 5.41) is 6.70. The van der Waals surface area contributed by atoms with E-state index in [1.807, 2.05) is 17.5 Å². The van der Waals surface area contributed by atoms with Crippen LogP contribution in [0.25, 0.3) is 41.8 Å². The number of benzene rings is 3. The Labute approximate surface area is 145 Å². The molecule has 0 atom stereocenters. The normalized spacial score (nSPS) is 13.0. The molecule has 1 nitrogen and oxygen atoms in total. The van der Waals surface area contributed by atoms with Crippen molar-refractivity contribution in [2.45, 2.75) is 33.1 Å². The quantitative estimate of drug-likeness (QED) is 0.285. The third kappa shape index (κ3) is 1.78. The third-order valence-corrected chi connectivity index (χ3v) is 6.17. The molecule has 5 aromatic rings. The number of nitrogens with zero attached hydrogens (tertiary/aromatic N) is 1. The molecule has 0 saturated carbocycles. The van der Waals surface area contributed by atoms with Gasteiger partial charge in [0.2, 0.25) is 0 Å². The molecule has 2 heterocycles. The van der Waals surface area contributed by atoms with Gasteiger partial charge in [-0.3, -0.25) is 4.98 Å². The van der Waals surface area contributed by atoms with Crippen LogP contribution in [0.4, 0.5) is 0 Å². The average Bonchev–Trinajstić information content (AvgIpc) is 2.91. The second-order valence-corrected chi connectivity index (χ2v) is 8.91. The fourth-order valence-corrected chi connectivity index (χ4v) is 4.95. The van der Waals surface area contributed by atoms with Gasteiger partial charge in [-0.05, 0) is 52.9 Å². The number of fused-ring (bicyclic) bond motifs is 3. The van der Waals surface area contributed by atoms with E-state index in [1.54, 1.807) is 0 Å². The Morgan fingerprint density at radius 3 is 2.46 bits per heavy atom. The first kappa shape index (κ1) is 14.2. The van der Waals surface area contributed by atoms with E-state index in [0.717, 1.165) is 5.52 Å². The average molecular weight is 329 g/mol. The molecule has 0 aliphatic heterocycles. The molecule has 0 bridgehead atoms. The summed E-state index contributed by atoms with van der Waals surface area (Å²) in [4.78, 5) is 4.75. The highest BCUT2D eigenvalue weighted by molar-refractivity contribution is 7.26. The van der Waals surface area contributed by atoms with Gasteiger partial charge >= 0.3 is 0 Å². The van der Waals surface area contributed by atoms with Crippen LogP contribution in [0.5, 0.6) is 0 Å². The van der Waals surface area contributed by atoms with Gasteiger partial charge in [-0.2, -0.15) is 0 Å². The van der Waals surface area contributed by atoms with Crippen LogP contribution in [0.2, 0.25) is 0 Å². The van der Waals surface area contributed by atoms with Crippen LogP contribution < -0.4 is 0 Å². The highest BCUT2D eigenvalue weighted by Gasteiger charge is 2.21. The SMILES string of the molecule is Cc1ccc2c(c1)c1nccc3sc4cc(C(C)(C)C)cc2c4c31. The van der Waals surface area contributed by atoms with Crippen LogP contribution in [0.1, 0.15) is 31.9 Å². The lowest BCUT2D eigenvalue weighted by atomic mass is 9.84. The van der Waals surface area contributed by atoms with Gasteiger partial charge in [0, 0.05) is 31.8 Å². The van der Waals surface area contributed by atoms with Crippen LogP contribution in [0.15, 0.2) is 42.6 Å². The molecule has 0 aliphatic rings. The second-order valence-electron chi connectivity index (χ2n) is 7.83. The molecule has 0 amide bonds. The highest BCUT2D eigenvalue weighted by atomic mass is 32.1. The Morgan fingerprint density at radius 1 is 0.833 bits per heavy atom. The maximum atomic E-state index is 4.75. The minimum Gasteiger partial charge on any atom is -0.255 e. The summed E-state index contributed by atoms with van der Waals surface area (Å²) >= 11 is 1.90. The molecule has 3 aromatic carbocycles. The molecule has 0 saturated heterocycles. The molecule has 5 rings (SSSR count). The van der Waals surface area contributed by atoms with Crippen molar-refractivity contribution in [1.82, 2.24) is 4.98 Å². The van der Waals surface area contributed by atoms with Crippen molar-refractivity contribution in [3.05, 3.63) is 53.7 Å². The first-order valence-corrected chi connectivity index (χ1v) is 9.22. The zero-order valence-corrected chi connectivity index (χ0v) is 15.2. The molecule has 2 heteroatoms. The number of aryl methyl sites for hydroxylation is 1. The summed E-state index contributed by atoms with van der Waals surface area (Å²) in [7, 11) is 0. The molecule has 0 aliphatic carbocycles. The molecular weight excluding hydrogens is 310 g/mol. The summed E-state index contributed by atoms with van der Waals surface area (Å²) in [5.41, 5.74) is 3.98. The standard InChI is InChI=1S/C22H19NS/c1-12-5-6-14-15-10-13(22(2,3)4)11-18-19(15)20-17(24-18)7-8-23-21(20)16(14)9-12/h5-11H,1-4H3. The Balaban J connectivity index is 2.15. The zero-order chi connectivity index (χ0) is 16.6. The lowest BCUT2D eigenvalue weighted by Crippen LogP contribution is -2.10. The van der Waals surface area contributed by atoms with E-state index in [9.17, 15) is 0 Å². The van der Waals surface area contributed by atoms with Crippen molar-refractivity contribution in [2.75, 3.05) is 0 Å². The number of hydrogen-bond acceptors (Lipinski definition) is 2. The van der Waals surface area contributed by atoms with Crippen molar-refractivity contribution in [2.24, 2.45) is 0 Å². The Hall–Kier alpha value is -2.19. The van der Waals surface area contributed by atoms with Crippen LogP contribution in [0.3, 0.4) is 0 Å². The lowest BCUT2D eigenvalue weighted by molar-refractivity contribution is 0.592. The van der Waals surface area contributed by atoms with E-state index in [-0.39, 0.29) is 5.41 Å². The van der Waals surface area contributed by atoms with Crippen LogP contribution in [-0.2, 0) is 5.41 Å². The van der Waals surface area contributed by atoms with Crippen LogP contribution >= 0.6 is 11.3 Å². The highest BCUT2D eigenvalue weighted by Crippen LogP contribution is 2.45. The molecule has 0 unspecified atom stereocenters. The molecular formula is C22H19NS. The maximum absolute atomic E-state index is 4.75. The molecule has 0 spiro atoms. The summed E-state index contributed by atoms with van der Waals surface area (Å²) in [6.07, 6.45) is 1.95. The summed E-state index contributed by atoms with van der Waals surface area (Å²) in [6.45, 7) is 9.03. The topological polar surface area (TPSA) is 12.9 Å². The van der Waals surface area contributed by atoms with Gasteiger partial charge in [-0.1, -0.05) is 38.5 Å². The maximum Gasteiger partial charge on any atom is 0.0801 e. The molecule has 0 radical (unpaired) electrons. The third-order valence-electron chi connectivity index (χ3n) is 5.07. The molecule has 118 valence electrons. The fourth-order valence-electron chi connectivity index (χ4n) is 3.78. The Kier molecular flexibility index (Phi) is 2.63. The van der Waals surface area contributed by atoms with Crippen molar-refractivity contribution in [3.63, 3.8) is 0 Å². The van der Waals surface area contributed by atoms with Crippen molar-refractivity contribution < 1.29 is 0 Å². The van der Waals surface area contributed by atoms with Gasteiger partial charge < -0.3 is 0 Å². The summed E-state index contributed by atoms with van der Waals surface area (Å²) in [5.74, 6) is 0. The van der Waals surface area contributed by atoms with E-state index in [1.165, 1.54) is 47.5 Å². The van der Waals surface area contributed by atoms with Crippen molar-refractivity contribution in [3.8, 4) is 0 Å². The summed E-state index contributed by atoms with van der Waals surface area (Å²) < 4.78 is 2.72. The van der Waals surface area contributed by atoms with Gasteiger partial charge in [0.05, 0.1) is 5.52 Å². The lowest BCUT2D eigenvalue weighted by Gasteiger charge is -2.20. The number of rotatable bonds is 0. The van der Waals surface area contributed by atoms with E-state index in [4.69, 9.17) is 4.98 Å². The first-order chi connectivity index (χ1) is 11.4.